The van der Waals surface area contributed by atoms with E-state index in [4.69, 9.17) is 20.5 Å². The number of hydrogen-bond acceptors (Lipinski definition) is 5. The van der Waals surface area contributed by atoms with Crippen molar-refractivity contribution in [3.63, 3.8) is 0 Å². The summed E-state index contributed by atoms with van der Waals surface area (Å²) in [5, 5.41) is 4.11. The summed E-state index contributed by atoms with van der Waals surface area (Å²) in [6.45, 7) is 0.508. The maximum atomic E-state index is 13.0. The molecule has 0 heterocycles. The van der Waals surface area contributed by atoms with Crippen LogP contribution >= 0.6 is 11.6 Å². The minimum absolute atomic E-state index is 0.0372. The lowest BCUT2D eigenvalue weighted by Crippen LogP contribution is -2.53. The van der Waals surface area contributed by atoms with Gasteiger partial charge in [0.25, 0.3) is 0 Å². The van der Waals surface area contributed by atoms with E-state index in [1.165, 1.54) is 18.2 Å². The van der Waals surface area contributed by atoms with Crippen molar-refractivity contribution < 1.29 is 17.9 Å². The van der Waals surface area contributed by atoms with Crippen LogP contribution in [0.5, 0.6) is 0 Å². The summed E-state index contributed by atoms with van der Waals surface area (Å²) in [5.41, 5.74) is 2.94. The van der Waals surface area contributed by atoms with E-state index in [0.29, 0.717) is 30.4 Å². The van der Waals surface area contributed by atoms with E-state index in [-0.39, 0.29) is 11.4 Å². The summed E-state index contributed by atoms with van der Waals surface area (Å²) in [6.07, 6.45) is 7.67. The first-order valence-electron chi connectivity index (χ1n) is 11.6. The highest BCUT2D eigenvalue weighted by atomic mass is 35.5. The normalized spacial score (nSPS) is 27.2. The summed E-state index contributed by atoms with van der Waals surface area (Å²) in [4.78, 5) is 13.0. The van der Waals surface area contributed by atoms with Crippen molar-refractivity contribution in [2.75, 3.05) is 25.3 Å². The van der Waals surface area contributed by atoms with Crippen LogP contribution in [-0.2, 0) is 36.6 Å². The van der Waals surface area contributed by atoms with Gasteiger partial charge in [-0.25, -0.2) is 9.00 Å². The molecule has 2 aliphatic rings. The first kappa shape index (κ1) is 24.2. The lowest BCUT2D eigenvalue weighted by Gasteiger charge is -2.47. The van der Waals surface area contributed by atoms with Gasteiger partial charge in [-0.1, -0.05) is 41.9 Å². The van der Waals surface area contributed by atoms with Gasteiger partial charge in [-0.15, -0.1) is 0 Å². The molecule has 0 amide bonds. The van der Waals surface area contributed by atoms with Gasteiger partial charge in [0, 0.05) is 17.0 Å². The average Bonchev–Trinajstić information content (AvgIpc) is 3.11. The minimum atomic E-state index is -1.23. The Labute approximate surface area is 203 Å². The third-order valence-corrected chi connectivity index (χ3v) is 8.26. The van der Waals surface area contributed by atoms with Crippen LogP contribution in [0.2, 0.25) is 5.02 Å². The maximum Gasteiger partial charge on any atom is 0.331 e. The van der Waals surface area contributed by atoms with Gasteiger partial charge in [0.15, 0.2) is 11.1 Å². The van der Waals surface area contributed by atoms with Gasteiger partial charge in [-0.05, 0) is 85.6 Å². The molecule has 0 aromatic heterocycles. The molecule has 2 unspecified atom stereocenters. The minimum Gasteiger partial charge on any atom is -0.467 e. The molecule has 1 saturated carbocycles. The molecular formula is C26H32ClNO4S. The summed E-state index contributed by atoms with van der Waals surface area (Å²) < 4.78 is 21.8. The molecule has 1 fully saturated rings. The molecule has 0 saturated heterocycles. The summed E-state index contributed by atoms with van der Waals surface area (Å²) in [5.74, 6) is 0.254. The summed E-state index contributed by atoms with van der Waals surface area (Å²) >= 11 is 4.96. The highest BCUT2D eigenvalue weighted by Gasteiger charge is 2.53. The van der Waals surface area contributed by atoms with Crippen LogP contribution in [0.15, 0.2) is 48.5 Å². The highest BCUT2D eigenvalue weighted by Crippen LogP contribution is 2.55. The summed E-state index contributed by atoms with van der Waals surface area (Å²) in [7, 11) is 1.46. The van der Waals surface area contributed by atoms with Crippen LogP contribution in [0.25, 0.3) is 0 Å². The molecule has 5 nitrogen and oxygen atoms in total. The van der Waals surface area contributed by atoms with Crippen LogP contribution in [-0.4, -0.2) is 35.7 Å². The number of rotatable bonds is 8. The molecule has 2 aliphatic carbocycles. The smallest absolute Gasteiger partial charge is 0.331 e. The lowest BCUT2D eigenvalue weighted by atomic mass is 9.60. The quantitative estimate of drug-likeness (QED) is 0.395. The van der Waals surface area contributed by atoms with Crippen molar-refractivity contribution in [2.45, 2.75) is 55.9 Å². The average molecular weight is 490 g/mol. The third-order valence-electron chi connectivity index (χ3n) is 7.53. The Morgan fingerprint density at radius 2 is 1.91 bits per heavy atom. The largest absolute Gasteiger partial charge is 0.467 e. The van der Waals surface area contributed by atoms with Crippen molar-refractivity contribution in [1.29, 1.82) is 0 Å². The second-order valence-electron chi connectivity index (χ2n) is 9.29. The van der Waals surface area contributed by atoms with Crippen molar-refractivity contribution in [3.8, 4) is 0 Å². The number of carbonyl (C=O) groups excluding carboxylic acids is 1. The zero-order chi connectivity index (χ0) is 23.5. The van der Waals surface area contributed by atoms with Crippen molar-refractivity contribution in [3.05, 3.63) is 64.7 Å². The first-order valence-corrected chi connectivity index (χ1v) is 13.4. The number of methoxy groups -OCH3 is 1. The molecule has 2 atom stereocenters. The summed E-state index contributed by atoms with van der Waals surface area (Å²) in [6, 6.07) is 16.2. The fraction of sp³-hybridized carbons (Fsp3) is 0.500. The predicted octanol–water partition coefficient (Wildman–Crippen LogP) is 5.44. The van der Waals surface area contributed by atoms with Crippen LogP contribution in [0.4, 0.5) is 5.69 Å². The number of ether oxygens (including phenoxy) is 1. The van der Waals surface area contributed by atoms with Gasteiger partial charge in [-0.2, -0.15) is 0 Å². The second kappa shape index (κ2) is 10.2. The van der Waals surface area contributed by atoms with Crippen LogP contribution in [0.1, 0.15) is 49.7 Å². The highest BCUT2D eigenvalue weighted by molar-refractivity contribution is 7.79. The van der Waals surface area contributed by atoms with Crippen LogP contribution in [0.3, 0.4) is 0 Å². The number of carbonyl (C=O) groups is 1. The van der Waals surface area contributed by atoms with E-state index in [9.17, 15) is 9.00 Å². The first-order chi connectivity index (χ1) is 15.9. The number of esters is 1. The van der Waals surface area contributed by atoms with E-state index in [1.807, 2.05) is 24.3 Å². The number of halogens is 1. The van der Waals surface area contributed by atoms with E-state index >= 15 is 0 Å². The van der Waals surface area contributed by atoms with Crippen molar-refractivity contribution in [1.82, 2.24) is 0 Å². The predicted molar refractivity (Wildman–Crippen MR) is 133 cm³/mol. The fourth-order valence-electron chi connectivity index (χ4n) is 5.97. The number of hydrogen-bond donors (Lipinski definition) is 1. The number of nitrogens with one attached hydrogen (secondary N) is 1. The standard InChI is InChI=1S/C26H32ClNO4S/c1-31-24(29)26(28-22-10-5-9-21(27)18-22)14-12-25(13-15-26)20(8-6-16-32-33(2)30)17-19-7-3-4-11-23(19)25/h3-5,7,9-11,18,20,28H,6,8,12-17H2,1-2H3. The molecule has 0 aliphatic heterocycles. The van der Waals surface area contributed by atoms with Gasteiger partial charge in [-0.3, -0.25) is 4.18 Å². The Morgan fingerprint density at radius 1 is 1.15 bits per heavy atom. The lowest BCUT2D eigenvalue weighted by molar-refractivity contribution is -0.148. The van der Waals surface area contributed by atoms with E-state index < -0.39 is 16.6 Å². The molecule has 178 valence electrons. The molecule has 7 heteroatoms. The third kappa shape index (κ3) is 4.98. The van der Waals surface area contributed by atoms with Crippen molar-refractivity contribution >= 4 is 34.3 Å². The Morgan fingerprint density at radius 3 is 2.61 bits per heavy atom. The Bertz CT molecular complexity index is 1020. The number of anilines is 1. The van der Waals surface area contributed by atoms with Gasteiger partial charge in [0.1, 0.15) is 5.54 Å². The van der Waals surface area contributed by atoms with Gasteiger partial charge in [0.05, 0.1) is 13.7 Å². The zero-order valence-electron chi connectivity index (χ0n) is 19.3. The van der Waals surface area contributed by atoms with Gasteiger partial charge < -0.3 is 10.1 Å². The van der Waals surface area contributed by atoms with Crippen molar-refractivity contribution in [2.24, 2.45) is 5.92 Å². The molecule has 4 rings (SSSR count). The molecule has 2 aromatic rings. The molecule has 1 spiro atoms. The Hall–Kier alpha value is -1.89. The topological polar surface area (TPSA) is 64.6 Å². The zero-order valence-corrected chi connectivity index (χ0v) is 20.8. The van der Waals surface area contributed by atoms with E-state index in [1.54, 1.807) is 6.26 Å². The van der Waals surface area contributed by atoms with Gasteiger partial charge in [0.2, 0.25) is 0 Å². The van der Waals surface area contributed by atoms with Crippen LogP contribution in [0, 0.1) is 5.92 Å². The van der Waals surface area contributed by atoms with Gasteiger partial charge >= 0.3 is 5.97 Å². The second-order valence-corrected chi connectivity index (χ2v) is 10.8. The van der Waals surface area contributed by atoms with E-state index in [2.05, 4.69) is 29.6 Å². The molecule has 0 bridgehead atoms. The van der Waals surface area contributed by atoms with E-state index in [0.717, 1.165) is 37.8 Å². The molecule has 33 heavy (non-hydrogen) atoms. The number of benzene rings is 2. The Kier molecular flexibility index (Phi) is 7.46. The fourth-order valence-corrected chi connectivity index (χ4v) is 6.51. The molecule has 2 aromatic carbocycles. The molecular weight excluding hydrogens is 458 g/mol. The maximum absolute atomic E-state index is 13.0. The number of fused-ring (bicyclic) bond motifs is 2. The Balaban J connectivity index is 1.57. The monoisotopic (exact) mass is 489 g/mol. The molecule has 1 N–H and O–H groups in total. The SMILES string of the molecule is COC(=O)C1(Nc2cccc(Cl)c2)CCC2(CC1)c1ccccc1CC2CCCOS(C)=O. The molecule has 0 radical (unpaired) electrons. The van der Waals surface area contributed by atoms with Crippen LogP contribution < -0.4 is 5.32 Å².